The molecule has 3 nitrogen and oxygen atoms in total. The molecule has 18 heavy (non-hydrogen) atoms. The van der Waals surface area contributed by atoms with Gasteiger partial charge in [0.25, 0.3) is 0 Å². The molecule has 0 bridgehead atoms. The van der Waals surface area contributed by atoms with Gasteiger partial charge in [-0.25, -0.2) is 4.98 Å². The van der Waals surface area contributed by atoms with E-state index < -0.39 is 0 Å². The van der Waals surface area contributed by atoms with Crippen molar-refractivity contribution in [3.05, 3.63) is 23.4 Å². The van der Waals surface area contributed by atoms with E-state index in [-0.39, 0.29) is 6.61 Å². The monoisotopic (exact) mass is 248 g/mol. The van der Waals surface area contributed by atoms with Gasteiger partial charge in [0, 0.05) is 18.8 Å². The van der Waals surface area contributed by atoms with Crippen molar-refractivity contribution in [2.24, 2.45) is 5.92 Å². The van der Waals surface area contributed by atoms with Crippen molar-refractivity contribution in [2.75, 3.05) is 18.0 Å². The molecule has 2 heterocycles. The van der Waals surface area contributed by atoms with Crippen LogP contribution in [0.4, 0.5) is 5.82 Å². The minimum absolute atomic E-state index is 0.0967. The van der Waals surface area contributed by atoms with Crippen LogP contribution in [0, 0.1) is 5.92 Å². The summed E-state index contributed by atoms with van der Waals surface area (Å²) in [6.07, 6.45) is 2.48. The zero-order chi connectivity index (χ0) is 13.1. The second-order valence-electron chi connectivity index (χ2n) is 5.74. The van der Waals surface area contributed by atoms with Crippen LogP contribution in [-0.2, 0) is 6.61 Å². The molecule has 1 saturated heterocycles. The summed E-state index contributed by atoms with van der Waals surface area (Å²) in [6.45, 7) is 8.87. The zero-order valence-corrected chi connectivity index (χ0v) is 11.7. The van der Waals surface area contributed by atoms with Crippen molar-refractivity contribution in [1.29, 1.82) is 0 Å². The third-order valence-corrected chi connectivity index (χ3v) is 3.77. The highest BCUT2D eigenvalue weighted by Crippen LogP contribution is 2.24. The van der Waals surface area contributed by atoms with Gasteiger partial charge in [-0.2, -0.15) is 0 Å². The van der Waals surface area contributed by atoms with E-state index in [0.29, 0.717) is 5.92 Å². The van der Waals surface area contributed by atoms with E-state index >= 15 is 0 Å². The Hall–Kier alpha value is -1.09. The number of pyridine rings is 1. The Labute approximate surface area is 110 Å². The van der Waals surface area contributed by atoms with Crippen LogP contribution in [0.3, 0.4) is 0 Å². The van der Waals surface area contributed by atoms with E-state index in [9.17, 15) is 5.11 Å². The Morgan fingerprint density at radius 1 is 1.33 bits per heavy atom. The molecule has 2 rings (SSSR count). The number of nitrogens with zero attached hydrogens (tertiary/aromatic N) is 2. The van der Waals surface area contributed by atoms with Crippen molar-refractivity contribution in [3.63, 3.8) is 0 Å². The number of aromatic nitrogens is 1. The molecule has 0 saturated carbocycles. The molecule has 1 aromatic heterocycles. The highest BCUT2D eigenvalue weighted by Gasteiger charge is 2.18. The van der Waals surface area contributed by atoms with E-state index in [2.05, 4.69) is 25.7 Å². The van der Waals surface area contributed by atoms with Gasteiger partial charge in [-0.1, -0.05) is 20.8 Å². The lowest BCUT2D eigenvalue weighted by atomic mass is 9.99. The van der Waals surface area contributed by atoms with Gasteiger partial charge >= 0.3 is 0 Å². The summed E-state index contributed by atoms with van der Waals surface area (Å²) in [5.41, 5.74) is 2.05. The van der Waals surface area contributed by atoms with Crippen LogP contribution >= 0.6 is 0 Å². The SMILES string of the molecule is CC1CCN(c2cc(CO)cc(C(C)C)n2)CC1. The first-order chi connectivity index (χ1) is 8.60. The molecule has 1 aromatic rings. The molecular formula is C15H24N2O. The summed E-state index contributed by atoms with van der Waals surface area (Å²) in [5.74, 6) is 2.27. The third-order valence-electron chi connectivity index (χ3n) is 3.77. The smallest absolute Gasteiger partial charge is 0.129 e. The van der Waals surface area contributed by atoms with Gasteiger partial charge < -0.3 is 10.0 Å². The van der Waals surface area contributed by atoms with Gasteiger partial charge in [-0.15, -0.1) is 0 Å². The average molecular weight is 248 g/mol. The van der Waals surface area contributed by atoms with E-state index in [1.54, 1.807) is 0 Å². The number of piperidine rings is 1. The normalized spacial score (nSPS) is 17.5. The summed E-state index contributed by atoms with van der Waals surface area (Å²) >= 11 is 0. The third kappa shape index (κ3) is 3.02. The molecule has 0 spiro atoms. The number of aliphatic hydroxyl groups excluding tert-OH is 1. The lowest BCUT2D eigenvalue weighted by molar-refractivity contribution is 0.281. The Kier molecular flexibility index (Phi) is 4.23. The second kappa shape index (κ2) is 5.70. The number of aliphatic hydroxyl groups is 1. The molecule has 3 heteroatoms. The highest BCUT2D eigenvalue weighted by atomic mass is 16.3. The lowest BCUT2D eigenvalue weighted by Crippen LogP contribution is -2.33. The van der Waals surface area contributed by atoms with Crippen molar-refractivity contribution in [2.45, 2.75) is 46.1 Å². The van der Waals surface area contributed by atoms with Gasteiger partial charge in [-0.05, 0) is 42.4 Å². The van der Waals surface area contributed by atoms with Gasteiger partial charge in [0.15, 0.2) is 0 Å². The maximum absolute atomic E-state index is 9.36. The van der Waals surface area contributed by atoms with Crippen LogP contribution in [0.15, 0.2) is 12.1 Å². The van der Waals surface area contributed by atoms with Crippen molar-refractivity contribution < 1.29 is 5.11 Å². The van der Waals surface area contributed by atoms with Crippen LogP contribution in [0.25, 0.3) is 0 Å². The summed E-state index contributed by atoms with van der Waals surface area (Å²) in [5, 5.41) is 9.36. The number of hydrogen-bond acceptors (Lipinski definition) is 3. The Morgan fingerprint density at radius 2 is 2.00 bits per heavy atom. The molecule has 0 amide bonds. The largest absolute Gasteiger partial charge is 0.392 e. The molecule has 1 aliphatic rings. The summed E-state index contributed by atoms with van der Waals surface area (Å²) in [6, 6.07) is 4.04. The zero-order valence-electron chi connectivity index (χ0n) is 11.7. The van der Waals surface area contributed by atoms with Gasteiger partial charge in [0.2, 0.25) is 0 Å². The molecule has 0 aliphatic carbocycles. The maximum atomic E-state index is 9.36. The van der Waals surface area contributed by atoms with Gasteiger partial charge in [-0.3, -0.25) is 0 Å². The molecule has 0 atom stereocenters. The lowest BCUT2D eigenvalue weighted by Gasteiger charge is -2.31. The van der Waals surface area contributed by atoms with Crippen molar-refractivity contribution in [1.82, 2.24) is 4.98 Å². The summed E-state index contributed by atoms with van der Waals surface area (Å²) in [4.78, 5) is 7.10. The maximum Gasteiger partial charge on any atom is 0.129 e. The van der Waals surface area contributed by atoms with Gasteiger partial charge in [0.05, 0.1) is 6.61 Å². The van der Waals surface area contributed by atoms with E-state index in [1.807, 2.05) is 12.1 Å². The van der Waals surface area contributed by atoms with Crippen molar-refractivity contribution >= 4 is 5.82 Å². The average Bonchev–Trinajstić information content (AvgIpc) is 2.39. The second-order valence-corrected chi connectivity index (χ2v) is 5.74. The first-order valence-corrected chi connectivity index (χ1v) is 6.96. The summed E-state index contributed by atoms with van der Waals surface area (Å²) < 4.78 is 0. The van der Waals surface area contributed by atoms with E-state index in [4.69, 9.17) is 4.98 Å². The fourth-order valence-corrected chi connectivity index (χ4v) is 2.38. The van der Waals surface area contributed by atoms with Crippen LogP contribution < -0.4 is 4.90 Å². The number of rotatable bonds is 3. The summed E-state index contributed by atoms with van der Waals surface area (Å²) in [7, 11) is 0. The van der Waals surface area contributed by atoms with Crippen LogP contribution in [0.1, 0.15) is 50.8 Å². The molecule has 0 radical (unpaired) electrons. The molecule has 1 N–H and O–H groups in total. The fourth-order valence-electron chi connectivity index (χ4n) is 2.38. The number of hydrogen-bond donors (Lipinski definition) is 1. The van der Waals surface area contributed by atoms with Crippen molar-refractivity contribution in [3.8, 4) is 0 Å². The predicted octanol–water partition coefficient (Wildman–Crippen LogP) is 2.93. The highest BCUT2D eigenvalue weighted by molar-refractivity contribution is 5.43. The van der Waals surface area contributed by atoms with Gasteiger partial charge in [0.1, 0.15) is 5.82 Å². The van der Waals surface area contributed by atoms with Crippen LogP contribution in [0.2, 0.25) is 0 Å². The molecule has 0 aromatic carbocycles. The standard InChI is InChI=1S/C15H24N2O/c1-11(2)14-8-13(10-18)9-15(16-14)17-6-4-12(3)5-7-17/h8-9,11-12,18H,4-7,10H2,1-3H3. The number of anilines is 1. The minimum atomic E-state index is 0.0967. The molecule has 0 unspecified atom stereocenters. The topological polar surface area (TPSA) is 36.4 Å². The quantitative estimate of drug-likeness (QED) is 0.893. The minimum Gasteiger partial charge on any atom is -0.392 e. The van der Waals surface area contributed by atoms with E-state index in [0.717, 1.165) is 36.1 Å². The van der Waals surface area contributed by atoms with E-state index in [1.165, 1.54) is 12.8 Å². The molecule has 1 aliphatic heterocycles. The molecule has 100 valence electrons. The Bertz CT molecular complexity index is 395. The Balaban J connectivity index is 2.23. The fraction of sp³-hybridized carbons (Fsp3) is 0.667. The first-order valence-electron chi connectivity index (χ1n) is 6.96. The predicted molar refractivity (Wildman–Crippen MR) is 74.9 cm³/mol. The Morgan fingerprint density at radius 3 is 2.56 bits per heavy atom. The van der Waals surface area contributed by atoms with Crippen LogP contribution in [0.5, 0.6) is 0 Å². The first kappa shape index (κ1) is 13.3. The molecular weight excluding hydrogens is 224 g/mol. The molecule has 1 fully saturated rings. The van der Waals surface area contributed by atoms with Crippen LogP contribution in [-0.4, -0.2) is 23.2 Å².